The molecule has 2 fully saturated rings. The van der Waals surface area contributed by atoms with Crippen LogP contribution in [0.4, 0.5) is 0 Å². The lowest BCUT2D eigenvalue weighted by Gasteiger charge is -2.33. The summed E-state index contributed by atoms with van der Waals surface area (Å²) in [6.07, 6.45) is 5.51. The van der Waals surface area contributed by atoms with Crippen LogP contribution in [0.2, 0.25) is 0 Å². The van der Waals surface area contributed by atoms with Crippen LogP contribution < -0.4 is 15.4 Å². The first kappa shape index (κ1) is 16.9. The van der Waals surface area contributed by atoms with Gasteiger partial charge >= 0.3 is 0 Å². The van der Waals surface area contributed by atoms with Crippen molar-refractivity contribution < 1.29 is 9.53 Å². The van der Waals surface area contributed by atoms with Crippen molar-refractivity contribution in [2.75, 3.05) is 33.3 Å². The summed E-state index contributed by atoms with van der Waals surface area (Å²) < 4.78 is 5.66. The van der Waals surface area contributed by atoms with Gasteiger partial charge in [0.15, 0.2) is 0 Å². The molecular weight excluding hydrogens is 314 g/mol. The molecule has 0 radical (unpaired) electrons. The molecule has 2 N–H and O–H groups in total. The molecule has 0 bridgehead atoms. The van der Waals surface area contributed by atoms with Crippen molar-refractivity contribution in [3.05, 3.63) is 29.3 Å². The number of carbonyl (C=O) groups is 1. The molecule has 1 amide bonds. The first-order chi connectivity index (χ1) is 12.2. The molecule has 1 aromatic rings. The van der Waals surface area contributed by atoms with E-state index in [1.807, 2.05) is 6.07 Å². The average molecular weight is 343 g/mol. The van der Waals surface area contributed by atoms with E-state index in [-0.39, 0.29) is 11.9 Å². The first-order valence-corrected chi connectivity index (χ1v) is 9.59. The summed E-state index contributed by atoms with van der Waals surface area (Å²) in [6.45, 7) is 4.63. The minimum Gasteiger partial charge on any atom is -0.493 e. The monoisotopic (exact) mass is 343 g/mol. The number of carbonyl (C=O) groups excluding carboxylic acids is 1. The number of nitrogens with one attached hydrogen (secondary N) is 2. The average Bonchev–Trinajstić information content (AvgIpc) is 2.96. The molecule has 3 aliphatic rings. The molecule has 1 aromatic carbocycles. The lowest BCUT2D eigenvalue weighted by Crippen LogP contribution is -2.41. The zero-order valence-electron chi connectivity index (χ0n) is 15.1. The molecule has 0 aromatic heterocycles. The Labute approximate surface area is 150 Å². The van der Waals surface area contributed by atoms with Crippen molar-refractivity contribution in [2.24, 2.45) is 5.41 Å². The Morgan fingerprint density at radius 3 is 3.08 bits per heavy atom. The second kappa shape index (κ2) is 6.96. The Morgan fingerprint density at radius 2 is 2.24 bits per heavy atom. The van der Waals surface area contributed by atoms with Gasteiger partial charge in [-0.2, -0.15) is 0 Å². The second-order valence-corrected chi connectivity index (χ2v) is 8.00. The van der Waals surface area contributed by atoms with Crippen LogP contribution in [0.1, 0.15) is 36.8 Å². The van der Waals surface area contributed by atoms with Crippen molar-refractivity contribution in [2.45, 2.75) is 44.7 Å². The largest absolute Gasteiger partial charge is 0.493 e. The van der Waals surface area contributed by atoms with Gasteiger partial charge in [0.2, 0.25) is 5.91 Å². The van der Waals surface area contributed by atoms with Gasteiger partial charge in [0.1, 0.15) is 5.75 Å². The van der Waals surface area contributed by atoms with E-state index >= 15 is 0 Å². The molecular formula is C20H29N3O2. The third-order valence-electron chi connectivity index (χ3n) is 6.15. The number of piperidine rings is 1. The summed E-state index contributed by atoms with van der Waals surface area (Å²) in [7, 11) is 2.09. The highest BCUT2D eigenvalue weighted by Crippen LogP contribution is 2.41. The first-order valence-electron chi connectivity index (χ1n) is 9.59. The molecule has 1 atom stereocenters. The van der Waals surface area contributed by atoms with E-state index in [9.17, 15) is 4.79 Å². The quantitative estimate of drug-likeness (QED) is 0.877. The van der Waals surface area contributed by atoms with Gasteiger partial charge in [-0.05, 0) is 74.8 Å². The molecule has 4 rings (SSSR count). The van der Waals surface area contributed by atoms with Crippen molar-refractivity contribution in [1.29, 1.82) is 0 Å². The van der Waals surface area contributed by atoms with Crippen LogP contribution in [0.5, 0.6) is 5.75 Å². The fourth-order valence-corrected chi connectivity index (χ4v) is 4.71. The maximum atomic E-state index is 12.8. The summed E-state index contributed by atoms with van der Waals surface area (Å²) in [6, 6.07) is 6.30. The van der Waals surface area contributed by atoms with Crippen LogP contribution in [-0.2, 0) is 17.8 Å². The summed E-state index contributed by atoms with van der Waals surface area (Å²) in [4.78, 5) is 15.0. The number of ether oxygens (including phenoxy) is 1. The number of benzene rings is 1. The normalized spacial score (nSPS) is 25.4. The molecule has 0 aliphatic carbocycles. The summed E-state index contributed by atoms with van der Waals surface area (Å²) in [5.74, 6) is 1.18. The van der Waals surface area contributed by atoms with Gasteiger partial charge in [0.25, 0.3) is 0 Å². The van der Waals surface area contributed by atoms with Gasteiger partial charge in [-0.3, -0.25) is 9.69 Å². The molecule has 0 unspecified atom stereocenters. The van der Waals surface area contributed by atoms with E-state index < -0.39 is 0 Å². The standard InChI is InChI=1S/C20H29N3O2/c1-23-14-20(6-8-21-9-7-20)12-17(23)19(24)22-13-15-4-5-18-16(11-15)3-2-10-25-18/h4-5,11,17,21H,2-3,6-10,12-14H2,1H3,(H,22,24)/t17-/m1/s1. The van der Waals surface area contributed by atoms with Crippen LogP contribution in [-0.4, -0.2) is 50.1 Å². The van der Waals surface area contributed by atoms with E-state index in [1.165, 1.54) is 18.4 Å². The number of fused-ring (bicyclic) bond motifs is 1. The number of amides is 1. The maximum absolute atomic E-state index is 12.8. The molecule has 25 heavy (non-hydrogen) atoms. The van der Waals surface area contributed by atoms with Gasteiger partial charge in [-0.15, -0.1) is 0 Å². The number of hydrogen-bond acceptors (Lipinski definition) is 4. The molecule has 3 aliphatic heterocycles. The Hall–Kier alpha value is -1.59. The Morgan fingerprint density at radius 1 is 1.40 bits per heavy atom. The summed E-state index contributed by atoms with van der Waals surface area (Å²) in [5, 5.41) is 6.60. The maximum Gasteiger partial charge on any atom is 0.237 e. The van der Waals surface area contributed by atoms with E-state index in [4.69, 9.17) is 4.74 Å². The van der Waals surface area contributed by atoms with Crippen LogP contribution in [0.25, 0.3) is 0 Å². The third-order valence-corrected chi connectivity index (χ3v) is 6.15. The minimum absolute atomic E-state index is 0.0130. The molecule has 3 heterocycles. The van der Waals surface area contributed by atoms with Gasteiger partial charge in [0, 0.05) is 13.1 Å². The fraction of sp³-hybridized carbons (Fsp3) is 0.650. The molecule has 1 spiro atoms. The predicted octanol–water partition coefficient (Wildman–Crippen LogP) is 1.70. The van der Waals surface area contributed by atoms with Crippen molar-refractivity contribution in [3.63, 3.8) is 0 Å². The Balaban J connectivity index is 1.36. The highest BCUT2D eigenvalue weighted by molar-refractivity contribution is 5.82. The number of hydrogen-bond donors (Lipinski definition) is 2. The molecule has 5 heteroatoms. The predicted molar refractivity (Wildman–Crippen MR) is 97.7 cm³/mol. The second-order valence-electron chi connectivity index (χ2n) is 8.00. The van der Waals surface area contributed by atoms with Crippen LogP contribution in [0, 0.1) is 5.41 Å². The van der Waals surface area contributed by atoms with Crippen LogP contribution in [0.3, 0.4) is 0 Å². The van der Waals surface area contributed by atoms with Gasteiger partial charge < -0.3 is 15.4 Å². The lowest BCUT2D eigenvalue weighted by atomic mass is 9.77. The zero-order chi connectivity index (χ0) is 17.3. The van der Waals surface area contributed by atoms with Crippen LogP contribution >= 0.6 is 0 Å². The van der Waals surface area contributed by atoms with E-state index in [0.29, 0.717) is 12.0 Å². The smallest absolute Gasteiger partial charge is 0.237 e. The Bertz CT molecular complexity index is 640. The molecule has 2 saturated heterocycles. The topological polar surface area (TPSA) is 53.6 Å². The highest BCUT2D eigenvalue weighted by Gasteiger charge is 2.45. The number of rotatable bonds is 3. The Kier molecular flexibility index (Phi) is 4.69. The molecule has 136 valence electrons. The highest BCUT2D eigenvalue weighted by atomic mass is 16.5. The van der Waals surface area contributed by atoms with Gasteiger partial charge in [-0.1, -0.05) is 12.1 Å². The number of likely N-dealkylation sites (tertiary alicyclic amines) is 1. The number of nitrogens with zero attached hydrogens (tertiary/aromatic N) is 1. The number of likely N-dealkylation sites (N-methyl/N-ethyl adjacent to an activating group) is 1. The molecule has 5 nitrogen and oxygen atoms in total. The van der Waals surface area contributed by atoms with Crippen molar-refractivity contribution in [3.8, 4) is 5.75 Å². The minimum atomic E-state index is 0.0130. The van der Waals surface area contributed by atoms with Crippen LogP contribution in [0.15, 0.2) is 18.2 Å². The van der Waals surface area contributed by atoms with Gasteiger partial charge in [0.05, 0.1) is 12.6 Å². The summed E-state index contributed by atoms with van der Waals surface area (Å²) >= 11 is 0. The van der Waals surface area contributed by atoms with E-state index in [1.54, 1.807) is 0 Å². The zero-order valence-corrected chi connectivity index (χ0v) is 15.1. The van der Waals surface area contributed by atoms with E-state index in [2.05, 4.69) is 34.7 Å². The van der Waals surface area contributed by atoms with Gasteiger partial charge in [-0.25, -0.2) is 0 Å². The SMILES string of the molecule is CN1CC2(CCNCC2)C[C@@H]1C(=O)NCc1ccc2c(c1)CCCO2. The van der Waals surface area contributed by atoms with Crippen molar-refractivity contribution >= 4 is 5.91 Å². The third kappa shape index (κ3) is 3.53. The lowest BCUT2D eigenvalue weighted by molar-refractivity contribution is -0.125. The van der Waals surface area contributed by atoms with E-state index in [0.717, 1.165) is 56.8 Å². The fourth-order valence-electron chi connectivity index (χ4n) is 4.71. The van der Waals surface area contributed by atoms with Crippen molar-refractivity contribution in [1.82, 2.24) is 15.5 Å². The summed E-state index contributed by atoms with van der Waals surface area (Å²) in [5.41, 5.74) is 2.77. The number of aryl methyl sites for hydroxylation is 1. The molecule has 0 saturated carbocycles.